The number of carbonyl (C=O) groups excluding carboxylic acids is 3. The summed E-state index contributed by atoms with van der Waals surface area (Å²) in [4.78, 5) is 45.9. The molecule has 0 radical (unpaired) electrons. The van der Waals surface area contributed by atoms with E-state index in [2.05, 4.69) is 15.5 Å². The Labute approximate surface area is 225 Å². The van der Waals surface area contributed by atoms with Gasteiger partial charge in [-0.3, -0.25) is 14.6 Å². The van der Waals surface area contributed by atoms with Crippen LogP contribution in [0.15, 0.2) is 36.5 Å². The molecule has 11 heteroatoms. The highest BCUT2D eigenvalue weighted by atomic mass is 16.2. The number of hydrogen-bond donors (Lipinski definition) is 4. The number of piperazine rings is 1. The van der Waals surface area contributed by atoms with E-state index in [0.29, 0.717) is 32.1 Å². The minimum absolute atomic E-state index is 0.104. The summed E-state index contributed by atoms with van der Waals surface area (Å²) >= 11 is 0. The lowest BCUT2D eigenvalue weighted by atomic mass is 10.0. The van der Waals surface area contributed by atoms with Crippen LogP contribution in [0.1, 0.15) is 45.6 Å². The van der Waals surface area contributed by atoms with Crippen molar-refractivity contribution in [1.29, 1.82) is 0 Å². The zero-order valence-electron chi connectivity index (χ0n) is 22.7. The van der Waals surface area contributed by atoms with Gasteiger partial charge in [0.15, 0.2) is 0 Å². The predicted molar refractivity (Wildman–Crippen MR) is 147 cm³/mol. The molecule has 0 saturated carbocycles. The Balaban J connectivity index is 1.30. The Hall–Kier alpha value is -3.15. The molecule has 0 aromatic heterocycles. The molecule has 2 unspecified atom stereocenters. The lowest BCUT2D eigenvalue weighted by Crippen LogP contribution is -2.64. The minimum Gasteiger partial charge on any atom is -0.335 e. The number of amides is 5. The maximum atomic E-state index is 13.0. The fourth-order valence-corrected chi connectivity index (χ4v) is 5.16. The summed E-state index contributed by atoms with van der Waals surface area (Å²) in [6.07, 6.45) is 5.56. The molecule has 0 spiro atoms. The van der Waals surface area contributed by atoms with Gasteiger partial charge in [0, 0.05) is 44.5 Å². The number of carbonyl (C=O) groups is 3. The van der Waals surface area contributed by atoms with Crippen LogP contribution in [0.3, 0.4) is 0 Å². The summed E-state index contributed by atoms with van der Waals surface area (Å²) in [5, 5.41) is 5.70. The Morgan fingerprint density at radius 3 is 2.39 bits per heavy atom. The van der Waals surface area contributed by atoms with E-state index in [1.54, 1.807) is 35.9 Å². The number of piperidine rings is 1. The van der Waals surface area contributed by atoms with E-state index in [0.717, 1.165) is 38.2 Å². The molecule has 3 heterocycles. The van der Waals surface area contributed by atoms with Crippen LogP contribution in [-0.2, 0) is 11.3 Å². The average Bonchev–Trinajstić information content (AvgIpc) is 2.89. The van der Waals surface area contributed by atoms with E-state index >= 15 is 0 Å². The topological polar surface area (TPSA) is 140 Å². The molecule has 208 valence electrons. The predicted octanol–water partition coefficient (Wildman–Crippen LogP) is 1.35. The van der Waals surface area contributed by atoms with Crippen molar-refractivity contribution in [3.8, 4) is 0 Å². The summed E-state index contributed by atoms with van der Waals surface area (Å²) in [6.45, 7) is 9.51. The van der Waals surface area contributed by atoms with Crippen LogP contribution in [0.5, 0.6) is 0 Å². The van der Waals surface area contributed by atoms with Crippen LogP contribution in [0.4, 0.5) is 15.3 Å². The van der Waals surface area contributed by atoms with Gasteiger partial charge in [0.1, 0.15) is 6.17 Å². The van der Waals surface area contributed by atoms with Crippen LogP contribution in [-0.4, -0.2) is 89.2 Å². The van der Waals surface area contributed by atoms with E-state index in [1.165, 1.54) is 10.5 Å². The molecule has 3 aliphatic heterocycles. The zero-order chi connectivity index (χ0) is 27.4. The molecule has 1 aromatic carbocycles. The highest BCUT2D eigenvalue weighted by Gasteiger charge is 2.37. The molecule has 1 aromatic rings. The van der Waals surface area contributed by atoms with Crippen molar-refractivity contribution >= 4 is 23.7 Å². The summed E-state index contributed by atoms with van der Waals surface area (Å²) in [7, 11) is 0. The van der Waals surface area contributed by atoms with E-state index in [4.69, 9.17) is 11.5 Å². The molecule has 0 bridgehead atoms. The second-order valence-corrected chi connectivity index (χ2v) is 11.1. The minimum atomic E-state index is -0.955. The molecule has 0 aliphatic carbocycles. The first kappa shape index (κ1) is 27.9. The first-order chi connectivity index (χ1) is 18.0. The van der Waals surface area contributed by atoms with Gasteiger partial charge in [0.25, 0.3) is 0 Å². The van der Waals surface area contributed by atoms with Crippen LogP contribution < -0.4 is 27.0 Å². The van der Waals surface area contributed by atoms with Crippen molar-refractivity contribution in [2.24, 2.45) is 11.5 Å². The molecule has 2 fully saturated rings. The fourth-order valence-electron chi connectivity index (χ4n) is 5.16. The third kappa shape index (κ3) is 6.64. The Morgan fingerprint density at radius 1 is 1.11 bits per heavy atom. The second kappa shape index (κ2) is 11.7. The van der Waals surface area contributed by atoms with Gasteiger partial charge in [0.2, 0.25) is 5.91 Å². The summed E-state index contributed by atoms with van der Waals surface area (Å²) < 4.78 is 0. The van der Waals surface area contributed by atoms with Crippen molar-refractivity contribution in [3.63, 3.8) is 0 Å². The van der Waals surface area contributed by atoms with Gasteiger partial charge < -0.3 is 31.9 Å². The molecule has 6 N–H and O–H groups in total. The van der Waals surface area contributed by atoms with Crippen molar-refractivity contribution in [1.82, 2.24) is 25.3 Å². The molecule has 5 amide bonds. The molecule has 2 atom stereocenters. The standard InChI is InChI=1S/C27H42N8O3/c1-4-21-18-33(15-16-34(21)24(36)27(2,3)29)25(37)30-23-11-14-35(26(38)31-23)22-7-5-19(6-8-22)17-32-12-9-20(28)10-13-32/h5-8,11,14,20-21,23H,4,9-10,12-13,15-18,28-29H2,1-3H3,(H,30,37)(H,31,38). The second-order valence-electron chi connectivity index (χ2n) is 11.1. The van der Waals surface area contributed by atoms with E-state index < -0.39 is 11.7 Å². The smallest absolute Gasteiger partial charge is 0.327 e. The van der Waals surface area contributed by atoms with Crippen molar-refractivity contribution in [2.45, 2.75) is 70.4 Å². The summed E-state index contributed by atoms with van der Waals surface area (Å²) in [5.41, 5.74) is 13.0. The first-order valence-corrected chi connectivity index (χ1v) is 13.6. The number of nitrogens with zero attached hydrogens (tertiary/aromatic N) is 4. The van der Waals surface area contributed by atoms with Gasteiger partial charge in [-0.05, 0) is 70.0 Å². The maximum absolute atomic E-state index is 13.0. The monoisotopic (exact) mass is 526 g/mol. The normalized spacial score (nSPS) is 23.4. The number of rotatable bonds is 6. The average molecular weight is 527 g/mol. The lowest BCUT2D eigenvalue weighted by molar-refractivity contribution is -0.140. The highest BCUT2D eigenvalue weighted by Crippen LogP contribution is 2.21. The number of nitrogens with two attached hydrogens (primary N) is 2. The molecule has 38 heavy (non-hydrogen) atoms. The van der Waals surface area contributed by atoms with Gasteiger partial charge >= 0.3 is 12.1 Å². The largest absolute Gasteiger partial charge is 0.335 e. The third-order valence-electron chi connectivity index (χ3n) is 7.51. The van der Waals surface area contributed by atoms with Crippen LogP contribution in [0.2, 0.25) is 0 Å². The molecule has 2 saturated heterocycles. The molecule has 4 rings (SSSR count). The van der Waals surface area contributed by atoms with Gasteiger partial charge in [-0.25, -0.2) is 9.59 Å². The van der Waals surface area contributed by atoms with Crippen molar-refractivity contribution in [2.75, 3.05) is 37.6 Å². The maximum Gasteiger partial charge on any atom is 0.327 e. The van der Waals surface area contributed by atoms with Crippen LogP contribution in [0, 0.1) is 0 Å². The van der Waals surface area contributed by atoms with Gasteiger partial charge in [-0.1, -0.05) is 19.1 Å². The summed E-state index contributed by atoms with van der Waals surface area (Å²) in [6, 6.07) is 7.55. The van der Waals surface area contributed by atoms with Gasteiger partial charge in [-0.2, -0.15) is 0 Å². The SMILES string of the molecule is CCC1CN(C(=O)NC2C=CN(c3ccc(CN4CCC(N)CC4)cc3)C(=O)N2)CCN1C(=O)C(C)(C)N. The number of anilines is 1. The molecule has 11 nitrogen and oxygen atoms in total. The quantitative estimate of drug-likeness (QED) is 0.441. The Bertz CT molecular complexity index is 1030. The number of urea groups is 2. The molecule has 3 aliphatic rings. The summed E-state index contributed by atoms with van der Waals surface area (Å²) in [5.74, 6) is -0.115. The third-order valence-corrected chi connectivity index (χ3v) is 7.51. The number of hydrogen-bond acceptors (Lipinski definition) is 6. The molecular formula is C27H42N8O3. The van der Waals surface area contributed by atoms with Crippen molar-refractivity contribution in [3.05, 3.63) is 42.1 Å². The van der Waals surface area contributed by atoms with E-state index in [-0.39, 0.29) is 24.0 Å². The van der Waals surface area contributed by atoms with Crippen molar-refractivity contribution < 1.29 is 14.4 Å². The lowest BCUT2D eigenvalue weighted by Gasteiger charge is -2.43. The van der Waals surface area contributed by atoms with E-state index in [9.17, 15) is 14.4 Å². The zero-order valence-corrected chi connectivity index (χ0v) is 22.7. The Morgan fingerprint density at radius 2 is 1.79 bits per heavy atom. The Kier molecular flexibility index (Phi) is 8.59. The number of nitrogens with one attached hydrogen (secondary N) is 2. The van der Waals surface area contributed by atoms with Gasteiger partial charge in [0.05, 0.1) is 11.2 Å². The van der Waals surface area contributed by atoms with E-state index in [1.807, 2.05) is 31.2 Å². The van der Waals surface area contributed by atoms with Crippen LogP contribution in [0.25, 0.3) is 0 Å². The number of benzene rings is 1. The fraction of sp³-hybridized carbons (Fsp3) is 0.593. The molecular weight excluding hydrogens is 484 g/mol. The number of likely N-dealkylation sites (tertiary alicyclic amines) is 1. The van der Waals surface area contributed by atoms with Crippen LogP contribution >= 0.6 is 0 Å². The highest BCUT2D eigenvalue weighted by molar-refractivity contribution is 5.95. The first-order valence-electron chi connectivity index (χ1n) is 13.6. The van der Waals surface area contributed by atoms with Gasteiger partial charge in [-0.15, -0.1) is 0 Å².